The second-order valence-corrected chi connectivity index (χ2v) is 5.75. The first-order valence-electron chi connectivity index (χ1n) is 6.07. The SMILES string of the molecule is CC1(O)CCCN(CC(C)(CO)CO)CC1. The van der Waals surface area contributed by atoms with Crippen molar-refractivity contribution in [1.29, 1.82) is 0 Å². The van der Waals surface area contributed by atoms with E-state index >= 15 is 0 Å². The summed E-state index contributed by atoms with van der Waals surface area (Å²) in [5.41, 5.74) is -0.986. The van der Waals surface area contributed by atoms with Crippen LogP contribution in [0.1, 0.15) is 33.1 Å². The Morgan fingerprint density at radius 2 is 1.81 bits per heavy atom. The molecule has 1 aliphatic rings. The van der Waals surface area contributed by atoms with Gasteiger partial charge in [-0.2, -0.15) is 0 Å². The minimum absolute atomic E-state index is 0.00358. The molecule has 0 amide bonds. The Hall–Kier alpha value is -0.160. The Morgan fingerprint density at radius 3 is 2.38 bits per heavy atom. The normalized spacial score (nSPS) is 29.1. The van der Waals surface area contributed by atoms with Crippen molar-refractivity contribution in [2.45, 2.75) is 38.7 Å². The molecule has 0 saturated carbocycles. The molecule has 1 fully saturated rings. The van der Waals surface area contributed by atoms with Crippen LogP contribution >= 0.6 is 0 Å². The number of aliphatic hydroxyl groups is 3. The van der Waals surface area contributed by atoms with Gasteiger partial charge in [-0.25, -0.2) is 0 Å². The molecule has 1 rings (SSSR count). The smallest absolute Gasteiger partial charge is 0.0632 e. The summed E-state index contributed by atoms with van der Waals surface area (Å²) in [6.45, 7) is 6.22. The molecule has 1 saturated heterocycles. The fourth-order valence-corrected chi connectivity index (χ4v) is 2.17. The zero-order valence-corrected chi connectivity index (χ0v) is 10.4. The summed E-state index contributed by atoms with van der Waals surface area (Å²) < 4.78 is 0. The van der Waals surface area contributed by atoms with Crippen LogP contribution in [0, 0.1) is 5.41 Å². The zero-order valence-electron chi connectivity index (χ0n) is 10.4. The van der Waals surface area contributed by atoms with Crippen molar-refractivity contribution in [2.24, 2.45) is 5.41 Å². The van der Waals surface area contributed by atoms with Crippen molar-refractivity contribution in [3.8, 4) is 0 Å². The summed E-state index contributed by atoms with van der Waals surface area (Å²) in [5, 5.41) is 28.5. The number of rotatable bonds is 4. The summed E-state index contributed by atoms with van der Waals surface area (Å²) in [4.78, 5) is 2.23. The van der Waals surface area contributed by atoms with Crippen LogP contribution in [-0.2, 0) is 0 Å². The molecule has 4 nitrogen and oxygen atoms in total. The molecule has 0 spiro atoms. The lowest BCUT2D eigenvalue weighted by Crippen LogP contribution is -2.41. The average molecular weight is 231 g/mol. The van der Waals surface area contributed by atoms with Crippen molar-refractivity contribution in [2.75, 3.05) is 32.8 Å². The van der Waals surface area contributed by atoms with E-state index in [4.69, 9.17) is 0 Å². The van der Waals surface area contributed by atoms with Gasteiger partial charge < -0.3 is 20.2 Å². The van der Waals surface area contributed by atoms with E-state index in [1.807, 2.05) is 13.8 Å². The van der Waals surface area contributed by atoms with E-state index in [9.17, 15) is 15.3 Å². The van der Waals surface area contributed by atoms with Gasteiger partial charge in [-0.05, 0) is 32.7 Å². The first kappa shape index (κ1) is 13.9. The maximum Gasteiger partial charge on any atom is 0.0632 e. The Balaban J connectivity index is 2.49. The lowest BCUT2D eigenvalue weighted by Gasteiger charge is -2.32. The van der Waals surface area contributed by atoms with Gasteiger partial charge in [0.2, 0.25) is 0 Å². The van der Waals surface area contributed by atoms with E-state index in [1.54, 1.807) is 0 Å². The van der Waals surface area contributed by atoms with Crippen LogP contribution < -0.4 is 0 Å². The molecular formula is C12H25NO3. The van der Waals surface area contributed by atoms with Gasteiger partial charge >= 0.3 is 0 Å². The van der Waals surface area contributed by atoms with Gasteiger partial charge in [0, 0.05) is 18.5 Å². The predicted octanol–water partition coefficient (Wildman–Crippen LogP) is 0.214. The summed E-state index contributed by atoms with van der Waals surface area (Å²) in [6, 6.07) is 0. The molecular weight excluding hydrogens is 206 g/mol. The molecule has 0 aromatic heterocycles. The molecule has 96 valence electrons. The number of nitrogens with zero attached hydrogens (tertiary/aromatic N) is 1. The lowest BCUT2D eigenvalue weighted by atomic mass is 9.92. The molecule has 1 heterocycles. The van der Waals surface area contributed by atoms with Crippen molar-refractivity contribution in [3.63, 3.8) is 0 Å². The van der Waals surface area contributed by atoms with Gasteiger partial charge in [-0.1, -0.05) is 6.92 Å². The molecule has 0 aliphatic carbocycles. The molecule has 1 atom stereocenters. The number of hydrogen-bond donors (Lipinski definition) is 3. The molecule has 1 aliphatic heterocycles. The summed E-state index contributed by atoms with van der Waals surface area (Å²) in [6.07, 6.45) is 2.57. The van der Waals surface area contributed by atoms with Crippen LogP contribution in [0.4, 0.5) is 0 Å². The zero-order chi connectivity index (χ0) is 12.2. The van der Waals surface area contributed by atoms with Gasteiger partial charge in [-0.3, -0.25) is 0 Å². The van der Waals surface area contributed by atoms with Crippen molar-refractivity contribution in [1.82, 2.24) is 4.90 Å². The summed E-state index contributed by atoms with van der Waals surface area (Å²) >= 11 is 0. The highest BCUT2D eigenvalue weighted by Crippen LogP contribution is 2.24. The first-order chi connectivity index (χ1) is 7.41. The van der Waals surface area contributed by atoms with Crippen LogP contribution in [0.25, 0.3) is 0 Å². The Kier molecular flexibility index (Phi) is 4.73. The fourth-order valence-electron chi connectivity index (χ4n) is 2.17. The third kappa shape index (κ3) is 4.01. The van der Waals surface area contributed by atoms with Crippen molar-refractivity contribution >= 4 is 0 Å². The fraction of sp³-hybridized carbons (Fsp3) is 1.00. The quantitative estimate of drug-likeness (QED) is 0.647. The number of hydrogen-bond acceptors (Lipinski definition) is 4. The molecule has 4 heteroatoms. The third-order valence-corrected chi connectivity index (χ3v) is 3.53. The largest absolute Gasteiger partial charge is 0.396 e. The van der Waals surface area contributed by atoms with Crippen LogP contribution in [0.2, 0.25) is 0 Å². The maximum absolute atomic E-state index is 9.96. The number of likely N-dealkylation sites (tertiary alicyclic amines) is 1. The van der Waals surface area contributed by atoms with Crippen LogP contribution in [-0.4, -0.2) is 58.7 Å². The molecule has 1 unspecified atom stereocenters. The van der Waals surface area contributed by atoms with E-state index in [-0.39, 0.29) is 13.2 Å². The number of aliphatic hydroxyl groups excluding tert-OH is 2. The molecule has 16 heavy (non-hydrogen) atoms. The third-order valence-electron chi connectivity index (χ3n) is 3.53. The van der Waals surface area contributed by atoms with E-state index in [2.05, 4.69) is 4.90 Å². The second-order valence-electron chi connectivity index (χ2n) is 5.75. The van der Waals surface area contributed by atoms with E-state index in [0.717, 1.165) is 32.4 Å². The van der Waals surface area contributed by atoms with Crippen LogP contribution in [0.15, 0.2) is 0 Å². The predicted molar refractivity (Wildman–Crippen MR) is 63.2 cm³/mol. The highest BCUT2D eigenvalue weighted by molar-refractivity contribution is 4.83. The first-order valence-corrected chi connectivity index (χ1v) is 6.07. The molecule has 0 aromatic rings. The standard InChI is InChI=1S/C12H25NO3/c1-11(9-14,10-15)8-13-6-3-4-12(2,16)5-7-13/h14-16H,3-10H2,1-2H3. The van der Waals surface area contributed by atoms with Crippen LogP contribution in [0.3, 0.4) is 0 Å². The van der Waals surface area contributed by atoms with Gasteiger partial charge in [0.1, 0.15) is 0 Å². The summed E-state index contributed by atoms with van der Waals surface area (Å²) in [7, 11) is 0. The van der Waals surface area contributed by atoms with Crippen molar-refractivity contribution < 1.29 is 15.3 Å². The Morgan fingerprint density at radius 1 is 1.19 bits per heavy atom. The highest BCUT2D eigenvalue weighted by Gasteiger charge is 2.29. The van der Waals surface area contributed by atoms with Gasteiger partial charge in [0.25, 0.3) is 0 Å². The van der Waals surface area contributed by atoms with Crippen LogP contribution in [0.5, 0.6) is 0 Å². The molecule has 0 bridgehead atoms. The lowest BCUT2D eigenvalue weighted by molar-refractivity contribution is 0.0263. The monoisotopic (exact) mass is 231 g/mol. The maximum atomic E-state index is 9.96. The minimum atomic E-state index is -0.552. The molecule has 0 aromatic carbocycles. The van der Waals surface area contributed by atoms with Crippen molar-refractivity contribution in [3.05, 3.63) is 0 Å². The van der Waals surface area contributed by atoms with E-state index < -0.39 is 11.0 Å². The summed E-state index contributed by atoms with van der Waals surface area (Å²) in [5.74, 6) is 0. The van der Waals surface area contributed by atoms with Gasteiger partial charge in [-0.15, -0.1) is 0 Å². The molecule has 0 radical (unpaired) electrons. The van der Waals surface area contributed by atoms with Gasteiger partial charge in [0.05, 0.1) is 18.8 Å². The minimum Gasteiger partial charge on any atom is -0.396 e. The van der Waals surface area contributed by atoms with E-state index in [1.165, 1.54) is 0 Å². The second kappa shape index (κ2) is 5.45. The molecule has 3 N–H and O–H groups in total. The Bertz CT molecular complexity index is 214. The van der Waals surface area contributed by atoms with Gasteiger partial charge in [0.15, 0.2) is 0 Å². The Labute approximate surface area is 97.9 Å². The average Bonchev–Trinajstić information content (AvgIpc) is 2.40. The topological polar surface area (TPSA) is 63.9 Å². The highest BCUT2D eigenvalue weighted by atomic mass is 16.3. The van der Waals surface area contributed by atoms with E-state index in [0.29, 0.717) is 6.54 Å².